The van der Waals surface area contributed by atoms with Gasteiger partial charge in [0.25, 0.3) is 5.56 Å². The van der Waals surface area contributed by atoms with Crippen LogP contribution in [0.25, 0.3) is 5.69 Å². The third kappa shape index (κ3) is 3.82. The molecule has 1 aliphatic rings. The van der Waals surface area contributed by atoms with Crippen molar-refractivity contribution in [1.29, 1.82) is 0 Å². The summed E-state index contributed by atoms with van der Waals surface area (Å²) in [5.74, 6) is -0.918. The van der Waals surface area contributed by atoms with Crippen LogP contribution in [0.4, 0.5) is 10.2 Å². The molecule has 0 unspecified atom stereocenters. The lowest BCUT2D eigenvalue weighted by atomic mass is 10.2. The summed E-state index contributed by atoms with van der Waals surface area (Å²) in [6.45, 7) is 2.17. The summed E-state index contributed by atoms with van der Waals surface area (Å²) in [5.41, 5.74) is 5.03. The van der Waals surface area contributed by atoms with Crippen LogP contribution >= 0.6 is 23.2 Å². The highest BCUT2D eigenvalue weighted by Gasteiger charge is 2.19. The normalized spacial score (nSPS) is 14.5. The summed E-state index contributed by atoms with van der Waals surface area (Å²) < 4.78 is 20.1. The average Bonchev–Trinajstić information content (AvgIpc) is 2.59. The molecule has 138 valence electrons. The minimum absolute atomic E-state index is 0.116. The molecule has 10 heteroatoms. The van der Waals surface area contributed by atoms with Gasteiger partial charge in [-0.1, -0.05) is 23.2 Å². The SMILES string of the molecule is NC(=O)Cc1nc(N2CCOCC2)cc(=O)n1-c1cc(Cl)c(F)c(Cl)c1. The van der Waals surface area contributed by atoms with Crippen LogP contribution in [0, 0.1) is 5.82 Å². The molecule has 26 heavy (non-hydrogen) atoms. The maximum atomic E-state index is 13.7. The van der Waals surface area contributed by atoms with Gasteiger partial charge in [-0.2, -0.15) is 0 Å². The minimum atomic E-state index is -0.792. The third-order valence-corrected chi connectivity index (χ3v) is 4.42. The smallest absolute Gasteiger partial charge is 0.260 e. The van der Waals surface area contributed by atoms with Crippen LogP contribution in [0.1, 0.15) is 5.82 Å². The van der Waals surface area contributed by atoms with Crippen LogP contribution in [0.2, 0.25) is 10.0 Å². The average molecular weight is 401 g/mol. The van der Waals surface area contributed by atoms with E-state index in [-0.39, 0.29) is 28.0 Å². The van der Waals surface area contributed by atoms with E-state index in [0.717, 1.165) is 4.57 Å². The van der Waals surface area contributed by atoms with E-state index in [1.807, 2.05) is 4.90 Å². The Morgan fingerprint density at radius 2 is 1.85 bits per heavy atom. The second-order valence-corrected chi connectivity index (χ2v) is 6.48. The van der Waals surface area contributed by atoms with Crippen molar-refractivity contribution < 1.29 is 13.9 Å². The van der Waals surface area contributed by atoms with Crippen molar-refractivity contribution in [3.05, 3.63) is 50.2 Å². The zero-order chi connectivity index (χ0) is 18.8. The molecule has 1 amide bonds. The number of hydrogen-bond acceptors (Lipinski definition) is 5. The van der Waals surface area contributed by atoms with Gasteiger partial charge in [0.2, 0.25) is 5.91 Å². The van der Waals surface area contributed by atoms with E-state index in [9.17, 15) is 14.0 Å². The van der Waals surface area contributed by atoms with Crippen LogP contribution in [0.15, 0.2) is 23.0 Å². The Bertz CT molecular complexity index is 890. The monoisotopic (exact) mass is 400 g/mol. The Labute approximate surface area is 158 Å². The Balaban J connectivity index is 2.15. The first-order chi connectivity index (χ1) is 12.4. The Morgan fingerprint density at radius 3 is 2.42 bits per heavy atom. The van der Waals surface area contributed by atoms with Gasteiger partial charge in [-0.15, -0.1) is 0 Å². The number of morpholine rings is 1. The van der Waals surface area contributed by atoms with Crippen LogP contribution in [0.3, 0.4) is 0 Å². The van der Waals surface area contributed by atoms with Crippen molar-refractivity contribution in [2.24, 2.45) is 5.73 Å². The number of aromatic nitrogens is 2. The Kier molecular flexibility index (Phi) is 5.45. The zero-order valence-electron chi connectivity index (χ0n) is 13.5. The summed E-state index contributed by atoms with van der Waals surface area (Å²) in [6.07, 6.45) is -0.278. The quantitative estimate of drug-likeness (QED) is 0.786. The first-order valence-corrected chi connectivity index (χ1v) is 8.51. The molecule has 3 rings (SSSR count). The highest BCUT2D eigenvalue weighted by molar-refractivity contribution is 6.35. The van der Waals surface area contributed by atoms with Gasteiger partial charge in [-0.05, 0) is 12.1 Å². The maximum absolute atomic E-state index is 13.7. The van der Waals surface area contributed by atoms with Crippen molar-refractivity contribution in [2.75, 3.05) is 31.2 Å². The number of amides is 1. The zero-order valence-corrected chi connectivity index (χ0v) is 15.1. The number of benzene rings is 1. The summed E-state index contributed by atoms with van der Waals surface area (Å²) in [4.78, 5) is 30.5. The summed E-state index contributed by atoms with van der Waals surface area (Å²) >= 11 is 11.6. The van der Waals surface area contributed by atoms with Crippen LogP contribution in [0.5, 0.6) is 0 Å². The molecular weight excluding hydrogens is 386 g/mol. The van der Waals surface area contributed by atoms with Gasteiger partial charge in [0.1, 0.15) is 11.6 Å². The van der Waals surface area contributed by atoms with E-state index in [0.29, 0.717) is 32.1 Å². The fraction of sp³-hybridized carbons (Fsp3) is 0.312. The van der Waals surface area contributed by atoms with Crippen molar-refractivity contribution in [3.63, 3.8) is 0 Å². The number of ether oxygens (including phenoxy) is 1. The minimum Gasteiger partial charge on any atom is -0.378 e. The molecule has 1 aromatic heterocycles. The van der Waals surface area contributed by atoms with Gasteiger partial charge < -0.3 is 15.4 Å². The fourth-order valence-electron chi connectivity index (χ4n) is 2.69. The highest BCUT2D eigenvalue weighted by Crippen LogP contribution is 2.27. The Morgan fingerprint density at radius 1 is 1.23 bits per heavy atom. The molecule has 0 aliphatic carbocycles. The lowest BCUT2D eigenvalue weighted by Crippen LogP contribution is -2.38. The second-order valence-electron chi connectivity index (χ2n) is 5.67. The lowest BCUT2D eigenvalue weighted by molar-refractivity contribution is -0.117. The number of halogens is 3. The first kappa shape index (κ1) is 18.6. The molecule has 0 spiro atoms. The standard InChI is InChI=1S/C16H15Cl2FN4O3/c17-10-5-9(6-11(18)16(10)19)23-14(7-12(20)24)21-13(8-15(23)25)22-1-3-26-4-2-22/h5-6,8H,1-4,7H2,(H2,20,24). The second kappa shape index (κ2) is 7.61. The summed E-state index contributed by atoms with van der Waals surface area (Å²) in [7, 11) is 0. The Hall–Kier alpha value is -2.16. The van der Waals surface area contributed by atoms with E-state index in [1.54, 1.807) is 0 Å². The molecule has 0 atom stereocenters. The lowest BCUT2D eigenvalue weighted by Gasteiger charge is -2.28. The molecule has 2 N–H and O–H groups in total. The van der Waals surface area contributed by atoms with Gasteiger partial charge in [-0.3, -0.25) is 14.2 Å². The number of nitrogens with zero attached hydrogens (tertiary/aromatic N) is 3. The van der Waals surface area contributed by atoms with Crippen LogP contribution in [-0.4, -0.2) is 41.8 Å². The topological polar surface area (TPSA) is 90.5 Å². The van der Waals surface area contributed by atoms with Crippen LogP contribution in [-0.2, 0) is 16.0 Å². The molecule has 1 fully saturated rings. The molecule has 7 nitrogen and oxygen atoms in total. The maximum Gasteiger partial charge on any atom is 0.260 e. The number of carbonyl (C=O) groups is 1. The number of anilines is 1. The molecule has 0 saturated carbocycles. The molecule has 2 heterocycles. The van der Waals surface area contributed by atoms with E-state index in [1.165, 1.54) is 18.2 Å². The highest BCUT2D eigenvalue weighted by atomic mass is 35.5. The predicted octanol–water partition coefficient (Wildman–Crippen LogP) is 1.54. The molecule has 2 aromatic rings. The van der Waals surface area contributed by atoms with Gasteiger partial charge in [-0.25, -0.2) is 9.37 Å². The van der Waals surface area contributed by atoms with Gasteiger partial charge in [0.05, 0.1) is 35.4 Å². The van der Waals surface area contributed by atoms with Crippen molar-refractivity contribution in [2.45, 2.75) is 6.42 Å². The number of nitrogens with two attached hydrogens (primary N) is 1. The van der Waals surface area contributed by atoms with Crippen LogP contribution < -0.4 is 16.2 Å². The van der Waals surface area contributed by atoms with E-state index < -0.39 is 17.3 Å². The van der Waals surface area contributed by atoms with Crippen molar-refractivity contribution >= 4 is 34.9 Å². The summed E-state index contributed by atoms with van der Waals surface area (Å²) in [5, 5.41) is -0.497. The number of rotatable bonds is 4. The van der Waals surface area contributed by atoms with E-state index in [4.69, 9.17) is 33.7 Å². The first-order valence-electron chi connectivity index (χ1n) is 7.75. The molecule has 0 radical (unpaired) electrons. The fourth-order valence-corrected chi connectivity index (χ4v) is 3.17. The number of carbonyl (C=O) groups excluding carboxylic acids is 1. The van der Waals surface area contributed by atoms with Gasteiger partial charge in [0, 0.05) is 19.2 Å². The van der Waals surface area contributed by atoms with E-state index >= 15 is 0 Å². The van der Waals surface area contributed by atoms with Crippen molar-refractivity contribution in [1.82, 2.24) is 9.55 Å². The van der Waals surface area contributed by atoms with Crippen molar-refractivity contribution in [3.8, 4) is 5.69 Å². The molecule has 1 saturated heterocycles. The number of primary amides is 1. The molecule has 1 aliphatic heterocycles. The van der Waals surface area contributed by atoms with Gasteiger partial charge >= 0.3 is 0 Å². The molecule has 1 aromatic carbocycles. The van der Waals surface area contributed by atoms with Gasteiger partial charge in [0.15, 0.2) is 5.82 Å². The largest absolute Gasteiger partial charge is 0.378 e. The summed E-state index contributed by atoms with van der Waals surface area (Å²) in [6, 6.07) is 3.82. The number of hydrogen-bond donors (Lipinski definition) is 1. The third-order valence-electron chi connectivity index (χ3n) is 3.87. The van der Waals surface area contributed by atoms with E-state index in [2.05, 4.69) is 4.98 Å². The predicted molar refractivity (Wildman–Crippen MR) is 95.7 cm³/mol. The molecule has 0 bridgehead atoms. The molecular formula is C16H15Cl2FN4O3.